The number of aromatic nitrogens is 2. The van der Waals surface area contributed by atoms with E-state index in [1.165, 1.54) is 29.0 Å². The first-order valence-corrected chi connectivity index (χ1v) is 11.1. The van der Waals surface area contributed by atoms with Crippen molar-refractivity contribution in [1.29, 1.82) is 0 Å². The third-order valence-electron chi connectivity index (χ3n) is 5.42. The van der Waals surface area contributed by atoms with Gasteiger partial charge in [-0.05, 0) is 23.3 Å². The molecule has 3 aromatic carbocycles. The van der Waals surface area contributed by atoms with Gasteiger partial charge in [0.15, 0.2) is 11.6 Å². The van der Waals surface area contributed by atoms with Crippen LogP contribution in [0.4, 0.5) is 4.39 Å². The number of rotatable bonds is 9. The van der Waals surface area contributed by atoms with Crippen LogP contribution in [-0.4, -0.2) is 21.6 Å². The van der Waals surface area contributed by atoms with Crippen molar-refractivity contribution in [3.63, 3.8) is 0 Å². The standard InChI is InChI=1S/C27H24FN3O4/c28-22-13-7-8-14-24(22)35-19-23(21-11-5-2-6-12-21)29-25(32)18-31-26(33)15-16-30(27(31)34)17-20-9-3-1-4-10-20/h1-16,23H,17-19H2,(H,29,32). The molecule has 7 nitrogen and oxygen atoms in total. The quantitative estimate of drug-likeness (QED) is 0.405. The third-order valence-corrected chi connectivity index (χ3v) is 5.42. The smallest absolute Gasteiger partial charge is 0.331 e. The normalized spacial score (nSPS) is 11.6. The Hall–Kier alpha value is -4.46. The first kappa shape index (κ1) is 23.7. The molecule has 0 radical (unpaired) electrons. The van der Waals surface area contributed by atoms with E-state index < -0.39 is 35.6 Å². The van der Waals surface area contributed by atoms with Crippen molar-refractivity contribution < 1.29 is 13.9 Å². The number of hydrogen-bond acceptors (Lipinski definition) is 4. The van der Waals surface area contributed by atoms with Crippen molar-refractivity contribution in [2.24, 2.45) is 0 Å². The highest BCUT2D eigenvalue weighted by molar-refractivity contribution is 5.76. The molecular formula is C27H24FN3O4. The van der Waals surface area contributed by atoms with Gasteiger partial charge in [-0.25, -0.2) is 9.18 Å². The molecule has 0 spiro atoms. The van der Waals surface area contributed by atoms with E-state index in [0.717, 1.165) is 15.7 Å². The number of halogens is 1. The average Bonchev–Trinajstić information content (AvgIpc) is 2.88. The minimum absolute atomic E-state index is 0.0430. The zero-order valence-corrected chi connectivity index (χ0v) is 18.8. The van der Waals surface area contributed by atoms with E-state index in [-0.39, 0.29) is 18.9 Å². The minimum Gasteiger partial charge on any atom is -0.488 e. The topological polar surface area (TPSA) is 82.3 Å². The summed E-state index contributed by atoms with van der Waals surface area (Å²) in [5, 5.41) is 2.80. The first-order valence-electron chi connectivity index (χ1n) is 11.1. The summed E-state index contributed by atoms with van der Waals surface area (Å²) < 4.78 is 21.9. The molecule has 4 aromatic rings. The molecule has 0 bridgehead atoms. The summed E-state index contributed by atoms with van der Waals surface area (Å²) in [6, 6.07) is 25.0. The zero-order valence-electron chi connectivity index (χ0n) is 18.8. The van der Waals surface area contributed by atoms with Crippen LogP contribution in [0.1, 0.15) is 17.2 Å². The molecular weight excluding hydrogens is 449 g/mol. The van der Waals surface area contributed by atoms with Crippen LogP contribution in [0.15, 0.2) is 107 Å². The van der Waals surface area contributed by atoms with E-state index in [1.54, 1.807) is 24.3 Å². The summed E-state index contributed by atoms with van der Waals surface area (Å²) in [6.45, 7) is -0.236. The van der Waals surface area contributed by atoms with Gasteiger partial charge in [-0.1, -0.05) is 72.8 Å². The molecule has 0 saturated carbocycles. The van der Waals surface area contributed by atoms with Crippen molar-refractivity contribution in [2.75, 3.05) is 6.61 Å². The van der Waals surface area contributed by atoms with Gasteiger partial charge in [-0.2, -0.15) is 0 Å². The highest BCUT2D eigenvalue weighted by atomic mass is 19.1. The Balaban J connectivity index is 1.51. The lowest BCUT2D eigenvalue weighted by Gasteiger charge is -2.20. The van der Waals surface area contributed by atoms with Crippen LogP contribution < -0.4 is 21.3 Å². The van der Waals surface area contributed by atoms with Crippen LogP contribution in [0.25, 0.3) is 0 Å². The number of carbonyl (C=O) groups is 1. The zero-order chi connectivity index (χ0) is 24.6. The maximum atomic E-state index is 14.0. The molecule has 35 heavy (non-hydrogen) atoms. The number of carbonyl (C=O) groups excluding carboxylic acids is 1. The van der Waals surface area contributed by atoms with E-state index in [0.29, 0.717) is 0 Å². The lowest BCUT2D eigenvalue weighted by atomic mass is 10.1. The van der Waals surface area contributed by atoms with Gasteiger partial charge < -0.3 is 10.1 Å². The van der Waals surface area contributed by atoms with Crippen LogP contribution in [0, 0.1) is 5.82 Å². The second-order valence-electron chi connectivity index (χ2n) is 7.91. The van der Waals surface area contributed by atoms with Crippen LogP contribution in [-0.2, 0) is 17.9 Å². The van der Waals surface area contributed by atoms with Crippen LogP contribution in [0.3, 0.4) is 0 Å². The molecule has 4 rings (SSSR count). The number of nitrogens with zero attached hydrogens (tertiary/aromatic N) is 2. The Kier molecular flexibility index (Phi) is 7.52. The average molecular weight is 474 g/mol. The molecule has 0 aliphatic carbocycles. The lowest BCUT2D eigenvalue weighted by molar-refractivity contribution is -0.122. The molecule has 0 aliphatic heterocycles. The number of ether oxygens (including phenoxy) is 1. The number of para-hydroxylation sites is 1. The van der Waals surface area contributed by atoms with E-state index in [4.69, 9.17) is 4.74 Å². The van der Waals surface area contributed by atoms with Gasteiger partial charge in [0, 0.05) is 12.3 Å². The maximum absolute atomic E-state index is 14.0. The summed E-state index contributed by atoms with van der Waals surface area (Å²) in [5.74, 6) is -1.00. The van der Waals surface area contributed by atoms with E-state index in [9.17, 15) is 18.8 Å². The molecule has 0 aliphatic rings. The van der Waals surface area contributed by atoms with Crippen LogP contribution >= 0.6 is 0 Å². The Morgan fingerprint density at radius 3 is 2.26 bits per heavy atom. The predicted octanol–water partition coefficient (Wildman–Crippen LogP) is 3.13. The van der Waals surface area contributed by atoms with Crippen LogP contribution in [0.2, 0.25) is 0 Å². The number of hydrogen-bond donors (Lipinski definition) is 1. The molecule has 0 saturated heterocycles. The summed E-state index contributed by atoms with van der Waals surface area (Å²) >= 11 is 0. The molecule has 1 unspecified atom stereocenters. The second kappa shape index (κ2) is 11.1. The molecule has 1 aromatic heterocycles. The Morgan fingerprint density at radius 2 is 1.54 bits per heavy atom. The highest BCUT2D eigenvalue weighted by Gasteiger charge is 2.18. The fraction of sp³-hybridized carbons (Fsp3) is 0.148. The highest BCUT2D eigenvalue weighted by Crippen LogP contribution is 2.19. The summed E-state index contributed by atoms with van der Waals surface area (Å²) in [4.78, 5) is 38.2. The fourth-order valence-electron chi connectivity index (χ4n) is 3.63. The molecule has 1 amide bonds. The van der Waals surface area contributed by atoms with E-state index in [1.807, 2.05) is 48.5 Å². The lowest BCUT2D eigenvalue weighted by Crippen LogP contribution is -2.44. The largest absolute Gasteiger partial charge is 0.488 e. The molecule has 1 atom stereocenters. The minimum atomic E-state index is -0.630. The van der Waals surface area contributed by atoms with Gasteiger partial charge in [-0.15, -0.1) is 0 Å². The number of nitrogens with one attached hydrogen (secondary N) is 1. The molecule has 0 fully saturated rings. The first-order chi connectivity index (χ1) is 17.0. The van der Waals surface area contributed by atoms with Crippen molar-refractivity contribution in [3.8, 4) is 5.75 Å². The van der Waals surface area contributed by atoms with Gasteiger partial charge in [0.25, 0.3) is 5.56 Å². The van der Waals surface area contributed by atoms with Gasteiger partial charge in [0.2, 0.25) is 5.91 Å². The Labute approximate surface area is 201 Å². The van der Waals surface area contributed by atoms with Crippen molar-refractivity contribution in [1.82, 2.24) is 14.5 Å². The Bertz CT molecular complexity index is 1400. The Morgan fingerprint density at radius 1 is 0.886 bits per heavy atom. The number of amides is 1. The van der Waals surface area contributed by atoms with E-state index in [2.05, 4.69) is 5.32 Å². The molecule has 8 heteroatoms. The second-order valence-corrected chi connectivity index (χ2v) is 7.91. The molecule has 178 valence electrons. The van der Waals surface area contributed by atoms with Gasteiger partial charge in [0.05, 0.1) is 12.6 Å². The van der Waals surface area contributed by atoms with Crippen molar-refractivity contribution in [3.05, 3.63) is 135 Å². The summed E-state index contributed by atoms with van der Waals surface area (Å²) in [5.41, 5.74) is 0.460. The van der Waals surface area contributed by atoms with Gasteiger partial charge in [-0.3, -0.25) is 18.7 Å². The van der Waals surface area contributed by atoms with Crippen LogP contribution in [0.5, 0.6) is 5.75 Å². The summed E-state index contributed by atoms with van der Waals surface area (Å²) in [6.07, 6.45) is 1.42. The molecule has 1 N–H and O–H groups in total. The van der Waals surface area contributed by atoms with E-state index >= 15 is 0 Å². The van der Waals surface area contributed by atoms with Gasteiger partial charge in [0.1, 0.15) is 13.2 Å². The number of benzene rings is 3. The van der Waals surface area contributed by atoms with Gasteiger partial charge >= 0.3 is 5.69 Å². The maximum Gasteiger partial charge on any atom is 0.331 e. The third kappa shape index (κ3) is 6.11. The summed E-state index contributed by atoms with van der Waals surface area (Å²) in [7, 11) is 0. The van der Waals surface area contributed by atoms with Crippen molar-refractivity contribution in [2.45, 2.75) is 19.1 Å². The molecule has 1 heterocycles. The predicted molar refractivity (Wildman–Crippen MR) is 130 cm³/mol. The monoisotopic (exact) mass is 473 g/mol. The van der Waals surface area contributed by atoms with Crippen molar-refractivity contribution >= 4 is 5.91 Å². The SMILES string of the molecule is O=C(Cn1c(=O)ccn(Cc2ccccc2)c1=O)NC(COc1ccccc1F)c1ccccc1. The fourth-order valence-corrected chi connectivity index (χ4v) is 3.63.